The van der Waals surface area contributed by atoms with Crippen LogP contribution in [0.4, 0.5) is 0 Å². The molecule has 1 saturated heterocycles. The van der Waals surface area contributed by atoms with E-state index >= 15 is 0 Å². The molecule has 5 heteroatoms. The highest BCUT2D eigenvalue weighted by molar-refractivity contribution is 14.0. The van der Waals surface area contributed by atoms with Crippen molar-refractivity contribution in [1.82, 2.24) is 15.1 Å². The summed E-state index contributed by atoms with van der Waals surface area (Å²) < 4.78 is 0. The van der Waals surface area contributed by atoms with Crippen LogP contribution in [0.15, 0.2) is 4.99 Å². The van der Waals surface area contributed by atoms with Gasteiger partial charge in [0.05, 0.1) is 0 Å². The summed E-state index contributed by atoms with van der Waals surface area (Å²) in [5.74, 6) is 3.63. The normalized spacial score (nSPS) is 29.0. The monoisotopic (exact) mass is 450 g/mol. The molecule has 0 bridgehead atoms. The Balaban J connectivity index is 0.00000288. The maximum absolute atomic E-state index is 4.51. The quantitative estimate of drug-likeness (QED) is 0.394. The highest BCUT2D eigenvalue weighted by Crippen LogP contribution is 2.28. The van der Waals surface area contributed by atoms with Crippen LogP contribution in [0.2, 0.25) is 0 Å². The molecule has 0 spiro atoms. The second-order valence-corrected chi connectivity index (χ2v) is 7.84. The Morgan fingerprint density at radius 1 is 1.17 bits per heavy atom. The first kappa shape index (κ1) is 22.0. The lowest BCUT2D eigenvalue weighted by Crippen LogP contribution is -2.46. The van der Waals surface area contributed by atoms with Crippen LogP contribution in [0.5, 0.6) is 0 Å². The van der Waals surface area contributed by atoms with Gasteiger partial charge in [0.2, 0.25) is 0 Å². The summed E-state index contributed by atoms with van der Waals surface area (Å²) in [6, 6.07) is 0. The number of guanidine groups is 1. The molecular formula is C19H39IN4. The van der Waals surface area contributed by atoms with E-state index in [4.69, 9.17) is 0 Å². The highest BCUT2D eigenvalue weighted by Gasteiger charge is 2.22. The van der Waals surface area contributed by atoms with Crippen LogP contribution in [-0.2, 0) is 0 Å². The van der Waals surface area contributed by atoms with Gasteiger partial charge >= 0.3 is 0 Å². The predicted molar refractivity (Wildman–Crippen MR) is 115 cm³/mol. The Morgan fingerprint density at radius 2 is 1.88 bits per heavy atom. The smallest absolute Gasteiger partial charge is 0.193 e. The Hall–Kier alpha value is -0.0400. The molecule has 0 amide bonds. The van der Waals surface area contributed by atoms with Crippen LogP contribution in [0.3, 0.4) is 0 Å². The summed E-state index contributed by atoms with van der Waals surface area (Å²) in [6.07, 6.45) is 8.27. The fourth-order valence-corrected chi connectivity index (χ4v) is 4.21. The van der Waals surface area contributed by atoms with Crippen molar-refractivity contribution in [3.05, 3.63) is 0 Å². The molecular weight excluding hydrogens is 411 g/mol. The van der Waals surface area contributed by atoms with E-state index in [9.17, 15) is 0 Å². The summed E-state index contributed by atoms with van der Waals surface area (Å²) in [5, 5.41) is 3.63. The summed E-state index contributed by atoms with van der Waals surface area (Å²) in [6.45, 7) is 10.6. The number of likely N-dealkylation sites (tertiary alicyclic amines) is 1. The summed E-state index contributed by atoms with van der Waals surface area (Å²) >= 11 is 0. The van der Waals surface area contributed by atoms with Gasteiger partial charge in [-0.05, 0) is 56.5 Å². The molecule has 1 aliphatic heterocycles. The van der Waals surface area contributed by atoms with E-state index in [2.05, 4.69) is 41.0 Å². The minimum Gasteiger partial charge on any atom is -0.356 e. The van der Waals surface area contributed by atoms with Crippen LogP contribution in [0, 0.1) is 17.8 Å². The highest BCUT2D eigenvalue weighted by atomic mass is 127. The van der Waals surface area contributed by atoms with Gasteiger partial charge in [0.25, 0.3) is 0 Å². The van der Waals surface area contributed by atoms with E-state index in [0.717, 1.165) is 36.8 Å². The van der Waals surface area contributed by atoms with Gasteiger partial charge in [-0.2, -0.15) is 0 Å². The molecule has 142 valence electrons. The average molecular weight is 450 g/mol. The standard InChI is InChI=1S/C19H38N4.HI/c1-5-23-12-6-7-18(15-23)13-21-19(20-3)22(4)14-17-10-8-16(2)9-11-17;/h16-18H,5-15H2,1-4H3,(H,20,21);1H. The van der Waals surface area contributed by atoms with Gasteiger partial charge in [0.15, 0.2) is 5.96 Å². The Labute approximate surface area is 166 Å². The van der Waals surface area contributed by atoms with Gasteiger partial charge in [-0.15, -0.1) is 24.0 Å². The summed E-state index contributed by atoms with van der Waals surface area (Å²) in [4.78, 5) is 9.43. The number of rotatable bonds is 5. The number of nitrogens with one attached hydrogen (secondary N) is 1. The minimum atomic E-state index is 0. The summed E-state index contributed by atoms with van der Waals surface area (Å²) in [5.41, 5.74) is 0. The molecule has 0 aromatic carbocycles. The Bertz CT molecular complexity index is 366. The fraction of sp³-hybridized carbons (Fsp3) is 0.947. The second kappa shape index (κ2) is 11.6. The van der Waals surface area contributed by atoms with Crippen LogP contribution in [0.25, 0.3) is 0 Å². The number of piperidine rings is 1. The first-order valence-electron chi connectivity index (χ1n) is 9.76. The number of hydrogen-bond acceptors (Lipinski definition) is 2. The zero-order valence-corrected chi connectivity index (χ0v) is 18.6. The number of aliphatic imine (C=N–C) groups is 1. The van der Waals surface area contributed by atoms with Gasteiger partial charge in [0, 0.05) is 33.7 Å². The molecule has 0 aromatic heterocycles. The number of halogens is 1. The summed E-state index contributed by atoms with van der Waals surface area (Å²) in [7, 11) is 4.12. The van der Waals surface area contributed by atoms with Crippen molar-refractivity contribution in [2.45, 2.75) is 52.4 Å². The van der Waals surface area contributed by atoms with E-state index in [1.165, 1.54) is 58.2 Å². The van der Waals surface area contributed by atoms with Crippen molar-refractivity contribution >= 4 is 29.9 Å². The third-order valence-corrected chi connectivity index (χ3v) is 5.84. The molecule has 1 unspecified atom stereocenters. The van der Waals surface area contributed by atoms with Gasteiger partial charge in [0.1, 0.15) is 0 Å². The number of hydrogen-bond donors (Lipinski definition) is 1. The van der Waals surface area contributed by atoms with Crippen LogP contribution < -0.4 is 5.32 Å². The van der Waals surface area contributed by atoms with Gasteiger partial charge < -0.3 is 15.1 Å². The molecule has 1 heterocycles. The van der Waals surface area contributed by atoms with E-state index < -0.39 is 0 Å². The maximum Gasteiger partial charge on any atom is 0.193 e. The second-order valence-electron chi connectivity index (χ2n) is 7.84. The van der Waals surface area contributed by atoms with Crippen molar-refractivity contribution < 1.29 is 0 Å². The molecule has 1 aliphatic carbocycles. The van der Waals surface area contributed by atoms with E-state index in [-0.39, 0.29) is 24.0 Å². The molecule has 2 fully saturated rings. The zero-order valence-electron chi connectivity index (χ0n) is 16.3. The Morgan fingerprint density at radius 3 is 2.50 bits per heavy atom. The van der Waals surface area contributed by atoms with Gasteiger partial charge in [-0.3, -0.25) is 4.99 Å². The molecule has 0 radical (unpaired) electrons. The third kappa shape index (κ3) is 7.06. The van der Waals surface area contributed by atoms with E-state index in [1.54, 1.807) is 0 Å². The maximum atomic E-state index is 4.51. The van der Waals surface area contributed by atoms with Crippen molar-refractivity contribution in [3.63, 3.8) is 0 Å². The molecule has 1 saturated carbocycles. The van der Waals surface area contributed by atoms with Gasteiger partial charge in [-0.25, -0.2) is 0 Å². The van der Waals surface area contributed by atoms with E-state index in [0.29, 0.717) is 0 Å². The van der Waals surface area contributed by atoms with Crippen LogP contribution >= 0.6 is 24.0 Å². The topological polar surface area (TPSA) is 30.9 Å². The predicted octanol–water partition coefficient (Wildman–Crippen LogP) is 3.67. The first-order valence-corrected chi connectivity index (χ1v) is 9.76. The SMILES string of the molecule is CCN1CCCC(CNC(=NC)N(C)CC2CCC(C)CC2)C1.I. The first-order chi connectivity index (χ1) is 11.1. The lowest BCUT2D eigenvalue weighted by molar-refractivity contribution is 0.182. The van der Waals surface area contributed by atoms with Crippen molar-refractivity contribution in [2.75, 3.05) is 46.8 Å². The molecule has 0 aromatic rings. The van der Waals surface area contributed by atoms with Gasteiger partial charge in [-0.1, -0.05) is 26.7 Å². The van der Waals surface area contributed by atoms with Crippen molar-refractivity contribution in [1.29, 1.82) is 0 Å². The third-order valence-electron chi connectivity index (χ3n) is 5.84. The minimum absolute atomic E-state index is 0. The van der Waals surface area contributed by atoms with Crippen molar-refractivity contribution in [2.24, 2.45) is 22.7 Å². The zero-order chi connectivity index (χ0) is 16.7. The van der Waals surface area contributed by atoms with Crippen LogP contribution in [-0.4, -0.2) is 62.6 Å². The molecule has 1 N–H and O–H groups in total. The lowest BCUT2D eigenvalue weighted by atomic mass is 9.83. The Kier molecular flexibility index (Phi) is 10.6. The molecule has 24 heavy (non-hydrogen) atoms. The van der Waals surface area contributed by atoms with Crippen LogP contribution in [0.1, 0.15) is 52.4 Å². The molecule has 1 atom stereocenters. The largest absolute Gasteiger partial charge is 0.356 e. The fourth-order valence-electron chi connectivity index (χ4n) is 4.21. The number of nitrogens with zero attached hydrogens (tertiary/aromatic N) is 3. The molecule has 2 aliphatic rings. The average Bonchev–Trinajstić information content (AvgIpc) is 2.57. The molecule has 4 nitrogen and oxygen atoms in total. The van der Waals surface area contributed by atoms with Crippen molar-refractivity contribution in [3.8, 4) is 0 Å². The molecule has 2 rings (SSSR count). The lowest BCUT2D eigenvalue weighted by Gasteiger charge is -2.34. The van der Waals surface area contributed by atoms with E-state index in [1.807, 2.05) is 7.05 Å².